The van der Waals surface area contributed by atoms with Gasteiger partial charge in [0.05, 0.1) is 0 Å². The van der Waals surface area contributed by atoms with Crippen LogP contribution in [0.5, 0.6) is 0 Å². The number of hydrogen-bond donors (Lipinski definition) is 0. The number of hydrogen-bond acceptors (Lipinski definition) is 4. The fraction of sp³-hybridized carbons (Fsp3) is 0.333. The van der Waals surface area contributed by atoms with Gasteiger partial charge in [-0.1, -0.05) is 106 Å². The molecule has 0 heterocycles. The summed E-state index contributed by atoms with van der Waals surface area (Å²) < 4.78 is 0. The molecule has 0 saturated heterocycles. The highest BCUT2D eigenvalue weighted by Crippen LogP contribution is 2.18. The average Bonchev–Trinajstić information content (AvgIpc) is 2.77. The molecule has 166 valence electrons. The minimum absolute atomic E-state index is 0.0135. The molecule has 0 aliphatic rings. The van der Waals surface area contributed by atoms with Gasteiger partial charge in [-0.25, -0.2) is 0 Å². The Labute approximate surface area is 186 Å². The maximum absolute atomic E-state index is 11.8. The molecule has 2 aromatic rings. The van der Waals surface area contributed by atoms with Gasteiger partial charge in [0.1, 0.15) is 0 Å². The second-order valence-electron chi connectivity index (χ2n) is 7.45. The summed E-state index contributed by atoms with van der Waals surface area (Å²) >= 11 is 0. The van der Waals surface area contributed by atoms with Crippen LogP contribution in [0.2, 0.25) is 0 Å². The molecular weight excluding hydrogens is 388 g/mol. The van der Waals surface area contributed by atoms with Crippen molar-refractivity contribution < 1.29 is 19.8 Å². The molecule has 31 heavy (non-hydrogen) atoms. The highest BCUT2D eigenvalue weighted by Gasteiger charge is 2.04. The van der Waals surface area contributed by atoms with Crippen molar-refractivity contribution in [1.82, 2.24) is 0 Å². The number of allylic oxidation sites excluding steroid dienone is 3. The zero-order valence-electron chi connectivity index (χ0n) is 18.7. The highest BCUT2D eigenvalue weighted by molar-refractivity contribution is 6.07. The van der Waals surface area contributed by atoms with Crippen molar-refractivity contribution in [2.45, 2.75) is 52.9 Å². The van der Waals surface area contributed by atoms with Gasteiger partial charge in [0.15, 0.2) is 11.6 Å². The average molecular weight is 421 g/mol. The van der Waals surface area contributed by atoms with Gasteiger partial charge in [-0.2, -0.15) is 0 Å². The number of carbonyl (C=O) groups is 2. The highest BCUT2D eigenvalue weighted by atomic mass is 16.3. The van der Waals surface area contributed by atoms with Gasteiger partial charge in [0.25, 0.3) is 0 Å². The van der Waals surface area contributed by atoms with Crippen LogP contribution in [-0.2, 0) is 4.79 Å². The van der Waals surface area contributed by atoms with Gasteiger partial charge < -0.3 is 10.2 Å². The molecule has 0 bridgehead atoms. The Bertz CT molecular complexity index is 851. The summed E-state index contributed by atoms with van der Waals surface area (Å²) in [6.07, 6.45) is 7.35. The largest absolute Gasteiger partial charge is 0.875 e. The van der Waals surface area contributed by atoms with Crippen molar-refractivity contribution in [1.29, 1.82) is 0 Å². The van der Waals surface area contributed by atoms with E-state index in [-0.39, 0.29) is 23.1 Å². The van der Waals surface area contributed by atoms with Crippen molar-refractivity contribution in [3.63, 3.8) is 0 Å². The Hall–Kier alpha value is -3.14. The lowest BCUT2D eigenvalue weighted by Gasteiger charge is -2.19. The predicted molar refractivity (Wildman–Crippen MR) is 122 cm³/mol. The zero-order valence-corrected chi connectivity index (χ0v) is 18.7. The Morgan fingerprint density at radius 3 is 1.90 bits per heavy atom. The molecule has 1 unspecified atom stereocenters. The molecule has 2 rings (SSSR count). The van der Waals surface area contributed by atoms with Gasteiger partial charge in [0, 0.05) is 5.56 Å². The second-order valence-corrected chi connectivity index (χ2v) is 7.45. The molecule has 1 atom stereocenters. The van der Waals surface area contributed by atoms with E-state index in [1.165, 1.54) is 25.8 Å². The van der Waals surface area contributed by atoms with E-state index in [1.54, 1.807) is 48.5 Å². The van der Waals surface area contributed by atoms with Crippen LogP contribution in [0.3, 0.4) is 0 Å². The summed E-state index contributed by atoms with van der Waals surface area (Å²) in [5.74, 6) is -0.224. The van der Waals surface area contributed by atoms with Crippen LogP contribution in [0.1, 0.15) is 68.8 Å². The monoisotopic (exact) mass is 420 g/mol. The molecule has 0 aliphatic heterocycles. The molecule has 0 amide bonds. The van der Waals surface area contributed by atoms with Crippen molar-refractivity contribution >= 4 is 17.3 Å². The van der Waals surface area contributed by atoms with Crippen LogP contribution in [0, 0.1) is 5.92 Å². The summed E-state index contributed by atoms with van der Waals surface area (Å²) in [7, 11) is 0. The van der Waals surface area contributed by atoms with Crippen LogP contribution in [0.15, 0.2) is 78.6 Å². The number of ketones is 2. The van der Waals surface area contributed by atoms with Crippen molar-refractivity contribution in [2.75, 3.05) is 0 Å². The lowest BCUT2D eigenvalue weighted by Crippen LogP contribution is -2.11. The number of carbonyl (C=O) groups excluding carboxylic acids is 2. The first kappa shape index (κ1) is 25.9. The van der Waals surface area contributed by atoms with E-state index < -0.39 is 0 Å². The van der Waals surface area contributed by atoms with Gasteiger partial charge >= 0.3 is 0 Å². The quantitative estimate of drug-likeness (QED) is 0.317. The van der Waals surface area contributed by atoms with Crippen molar-refractivity contribution in [2.24, 2.45) is 5.92 Å². The predicted octanol–water partition coefficient (Wildman–Crippen LogP) is 4.70. The van der Waals surface area contributed by atoms with E-state index in [0.29, 0.717) is 23.5 Å². The van der Waals surface area contributed by atoms with E-state index in [9.17, 15) is 19.8 Å². The first-order valence-electron chi connectivity index (χ1n) is 10.8. The summed E-state index contributed by atoms with van der Waals surface area (Å²) in [6.45, 7) is 5.67. The Kier molecular flexibility index (Phi) is 12.3. The fourth-order valence-electron chi connectivity index (χ4n) is 3.00. The molecule has 0 aromatic heterocycles. The van der Waals surface area contributed by atoms with Crippen molar-refractivity contribution in [3.8, 4) is 0 Å². The van der Waals surface area contributed by atoms with Crippen LogP contribution in [0.25, 0.3) is 5.76 Å². The van der Waals surface area contributed by atoms with Gasteiger partial charge in [-0.3, -0.25) is 9.59 Å². The lowest BCUT2D eigenvalue weighted by atomic mass is 9.95. The summed E-state index contributed by atoms with van der Waals surface area (Å²) in [4.78, 5) is 22.4. The molecule has 4 heteroatoms. The first-order valence-corrected chi connectivity index (χ1v) is 10.8. The van der Waals surface area contributed by atoms with Crippen LogP contribution < -0.4 is 10.2 Å². The van der Waals surface area contributed by atoms with Crippen LogP contribution in [0.4, 0.5) is 0 Å². The van der Waals surface area contributed by atoms with E-state index >= 15 is 0 Å². The van der Waals surface area contributed by atoms with Crippen molar-refractivity contribution in [3.05, 3.63) is 89.7 Å². The molecule has 0 fully saturated rings. The second kappa shape index (κ2) is 14.8. The summed E-state index contributed by atoms with van der Waals surface area (Å²) in [5, 5.41) is 23.1. The Morgan fingerprint density at radius 1 is 0.871 bits per heavy atom. The third kappa shape index (κ3) is 11.0. The van der Waals surface area contributed by atoms with Gasteiger partial charge in [0.2, 0.25) is 0 Å². The van der Waals surface area contributed by atoms with E-state index in [2.05, 4.69) is 13.8 Å². The van der Waals surface area contributed by atoms with Crippen LogP contribution >= 0.6 is 0 Å². The minimum atomic E-state index is -0.264. The third-order valence-electron chi connectivity index (χ3n) is 4.78. The lowest BCUT2D eigenvalue weighted by molar-refractivity contribution is -0.308. The Morgan fingerprint density at radius 2 is 1.42 bits per heavy atom. The normalized spacial score (nSPS) is 12.5. The minimum Gasteiger partial charge on any atom is -0.875 e. The van der Waals surface area contributed by atoms with Gasteiger partial charge in [-0.05, 0) is 37.0 Å². The maximum Gasteiger partial charge on any atom is 0.185 e. The van der Waals surface area contributed by atoms with Gasteiger partial charge in [-0.15, -0.1) is 5.76 Å². The molecule has 0 spiro atoms. The SMILES string of the molecule is CCCCC(CC)C/C([O-])=C/C(C)=O.O=C(/C=C(\[O-])c1ccccc1)c1ccccc1. The van der Waals surface area contributed by atoms with E-state index in [1.807, 2.05) is 12.1 Å². The summed E-state index contributed by atoms with van der Waals surface area (Å²) in [5.41, 5.74) is 1.05. The molecule has 4 nitrogen and oxygen atoms in total. The fourth-order valence-corrected chi connectivity index (χ4v) is 3.00. The summed E-state index contributed by atoms with van der Waals surface area (Å²) in [6, 6.07) is 17.5. The molecule has 0 radical (unpaired) electrons. The number of benzene rings is 2. The third-order valence-corrected chi connectivity index (χ3v) is 4.78. The maximum atomic E-state index is 11.8. The standard InChI is InChI=1S/C15H12O2.C12H22O2/c16-14(12-7-3-1-4-8-12)11-15(17)13-9-5-2-6-10-13;1-4-6-7-11(5-2)9-12(14)8-10(3)13/h1-11,16H;8,11,14H,4-7,9H2,1-3H3/p-2/b14-11-;12-8-. The molecule has 0 aliphatic carbocycles. The smallest absolute Gasteiger partial charge is 0.185 e. The number of unbranched alkanes of at least 4 members (excludes halogenated alkanes) is 1. The number of rotatable bonds is 10. The first-order chi connectivity index (χ1) is 14.9. The Balaban J connectivity index is 0.000000318. The molecule has 0 N–H and O–H groups in total. The topological polar surface area (TPSA) is 80.3 Å². The molecular formula is C27H32O4-2. The molecule has 0 saturated carbocycles. The molecule has 2 aromatic carbocycles. The van der Waals surface area contributed by atoms with Crippen LogP contribution in [-0.4, -0.2) is 11.6 Å². The van der Waals surface area contributed by atoms with E-state index in [4.69, 9.17) is 0 Å². The zero-order chi connectivity index (χ0) is 23.1. The van der Waals surface area contributed by atoms with E-state index in [0.717, 1.165) is 18.9 Å².